The minimum atomic E-state index is -4.15. The summed E-state index contributed by atoms with van der Waals surface area (Å²) in [5, 5.41) is 17.4. The molecule has 0 aliphatic heterocycles. The summed E-state index contributed by atoms with van der Waals surface area (Å²) in [4.78, 5) is 11.8. The van der Waals surface area contributed by atoms with Gasteiger partial charge in [-0.15, -0.1) is 10.2 Å². The predicted molar refractivity (Wildman–Crippen MR) is 97.8 cm³/mol. The molecule has 1 fully saturated rings. The van der Waals surface area contributed by atoms with E-state index in [0.29, 0.717) is 30.4 Å². The number of methoxy groups -OCH3 is 1. The van der Waals surface area contributed by atoms with E-state index < -0.39 is 23.9 Å². The van der Waals surface area contributed by atoms with Crippen LogP contribution in [0.3, 0.4) is 0 Å². The third-order valence-corrected chi connectivity index (χ3v) is 5.33. The number of carbonyl (C=O) groups is 1. The lowest BCUT2D eigenvalue weighted by Crippen LogP contribution is -2.27. The van der Waals surface area contributed by atoms with Crippen LogP contribution in [0.5, 0.6) is 5.88 Å². The Bertz CT molecular complexity index is 710. The number of aromatic nitrogens is 2. The lowest BCUT2D eigenvalue weighted by atomic mass is 9.81. The Hall–Kier alpha value is -2.16. The number of nitrogens with two attached hydrogens (primary N) is 1. The van der Waals surface area contributed by atoms with E-state index in [9.17, 15) is 23.1 Å². The zero-order chi connectivity index (χ0) is 20.9. The SMILES string of the molecule is CC[C@@H](CO)c1c(C(N)=O)nnc(OC)c1/C=C/C1CCC(C(F)(F)F)CC1. The van der Waals surface area contributed by atoms with Gasteiger partial charge < -0.3 is 15.6 Å². The molecule has 9 heteroatoms. The fourth-order valence-corrected chi connectivity index (χ4v) is 3.65. The van der Waals surface area contributed by atoms with Crippen LogP contribution < -0.4 is 10.5 Å². The molecule has 2 rings (SSSR count). The van der Waals surface area contributed by atoms with Crippen molar-refractivity contribution < 1.29 is 27.8 Å². The second kappa shape index (κ2) is 9.36. The maximum atomic E-state index is 12.8. The molecule has 1 amide bonds. The number of hydrogen-bond donors (Lipinski definition) is 2. The van der Waals surface area contributed by atoms with Gasteiger partial charge in [0.1, 0.15) is 0 Å². The topological polar surface area (TPSA) is 98.3 Å². The Kier molecular flexibility index (Phi) is 7.40. The Balaban J connectivity index is 2.34. The third kappa shape index (κ3) is 5.01. The van der Waals surface area contributed by atoms with Crippen molar-refractivity contribution in [1.82, 2.24) is 10.2 Å². The minimum Gasteiger partial charge on any atom is -0.479 e. The van der Waals surface area contributed by atoms with Crippen LogP contribution in [-0.2, 0) is 0 Å². The number of rotatable bonds is 7. The molecule has 0 aromatic carbocycles. The first kappa shape index (κ1) is 22.1. The summed E-state index contributed by atoms with van der Waals surface area (Å²) in [7, 11) is 1.41. The summed E-state index contributed by atoms with van der Waals surface area (Å²) >= 11 is 0. The van der Waals surface area contributed by atoms with Crippen molar-refractivity contribution >= 4 is 12.0 Å². The van der Waals surface area contributed by atoms with Gasteiger partial charge >= 0.3 is 6.18 Å². The van der Waals surface area contributed by atoms with Gasteiger partial charge in [-0.1, -0.05) is 19.1 Å². The van der Waals surface area contributed by atoms with Crippen LogP contribution in [0.4, 0.5) is 13.2 Å². The van der Waals surface area contributed by atoms with Crippen molar-refractivity contribution in [1.29, 1.82) is 0 Å². The van der Waals surface area contributed by atoms with Crippen molar-refractivity contribution in [3.05, 3.63) is 22.9 Å². The highest BCUT2D eigenvalue weighted by Crippen LogP contribution is 2.40. The van der Waals surface area contributed by atoms with Crippen LogP contribution in [0.15, 0.2) is 6.08 Å². The Morgan fingerprint density at radius 3 is 2.43 bits per heavy atom. The molecule has 1 heterocycles. The van der Waals surface area contributed by atoms with Gasteiger partial charge in [-0.2, -0.15) is 13.2 Å². The van der Waals surface area contributed by atoms with E-state index in [-0.39, 0.29) is 36.9 Å². The van der Waals surface area contributed by atoms with Crippen molar-refractivity contribution in [2.45, 2.75) is 51.1 Å². The van der Waals surface area contributed by atoms with E-state index in [0.717, 1.165) is 0 Å². The van der Waals surface area contributed by atoms with Crippen molar-refractivity contribution in [3.8, 4) is 5.88 Å². The van der Waals surface area contributed by atoms with E-state index in [2.05, 4.69) is 10.2 Å². The number of halogens is 3. The van der Waals surface area contributed by atoms with Gasteiger partial charge in [0.25, 0.3) is 5.91 Å². The molecule has 3 N–H and O–H groups in total. The standard InChI is InChI=1S/C19H26F3N3O3/c1-3-12(10-26)15-14(18(28-2)25-24-16(15)17(23)27)9-6-11-4-7-13(8-5-11)19(20,21)22/h6,9,11-13,26H,3-5,7-8,10H2,1-2H3,(H2,23,27)/b9-6+/t11?,12-,13?/m0/s1. The third-order valence-electron chi connectivity index (χ3n) is 5.33. The predicted octanol–water partition coefficient (Wildman–Crippen LogP) is 3.45. The van der Waals surface area contributed by atoms with Gasteiger partial charge in [0.2, 0.25) is 5.88 Å². The first-order chi connectivity index (χ1) is 13.2. The molecule has 1 saturated carbocycles. The van der Waals surface area contributed by atoms with E-state index in [4.69, 9.17) is 10.5 Å². The maximum Gasteiger partial charge on any atom is 0.391 e. The Labute approximate surface area is 162 Å². The number of allylic oxidation sites excluding steroid dienone is 1. The fourth-order valence-electron chi connectivity index (χ4n) is 3.65. The molecule has 1 atom stereocenters. The number of aliphatic hydroxyl groups is 1. The average Bonchev–Trinajstić information content (AvgIpc) is 2.66. The number of primary amides is 1. The van der Waals surface area contributed by atoms with Crippen LogP contribution in [0, 0.1) is 11.8 Å². The van der Waals surface area contributed by atoms with E-state index in [1.807, 2.05) is 13.0 Å². The van der Waals surface area contributed by atoms with Gasteiger partial charge in [-0.05, 0) is 38.0 Å². The first-order valence-corrected chi connectivity index (χ1v) is 9.32. The smallest absolute Gasteiger partial charge is 0.391 e. The van der Waals surface area contributed by atoms with Crippen molar-refractivity contribution in [2.75, 3.05) is 13.7 Å². The van der Waals surface area contributed by atoms with E-state index in [1.165, 1.54) is 7.11 Å². The number of alkyl halides is 3. The quantitative estimate of drug-likeness (QED) is 0.729. The molecule has 1 aliphatic rings. The van der Waals surface area contributed by atoms with Gasteiger partial charge in [-0.3, -0.25) is 4.79 Å². The number of nitrogens with zero attached hydrogens (tertiary/aromatic N) is 2. The summed E-state index contributed by atoms with van der Waals surface area (Å²) in [6.45, 7) is 1.63. The molecular formula is C19H26F3N3O3. The lowest BCUT2D eigenvalue weighted by Gasteiger charge is -2.28. The second-order valence-electron chi connectivity index (χ2n) is 7.05. The molecule has 0 bridgehead atoms. The van der Waals surface area contributed by atoms with Crippen LogP contribution in [0.25, 0.3) is 6.08 Å². The Morgan fingerprint density at radius 1 is 1.32 bits per heavy atom. The molecule has 1 aliphatic carbocycles. The summed E-state index contributed by atoms with van der Waals surface area (Å²) in [5.41, 5.74) is 6.31. The number of amides is 1. The second-order valence-corrected chi connectivity index (χ2v) is 7.05. The van der Waals surface area contributed by atoms with E-state index >= 15 is 0 Å². The largest absolute Gasteiger partial charge is 0.479 e. The van der Waals surface area contributed by atoms with Crippen LogP contribution in [0.2, 0.25) is 0 Å². The monoisotopic (exact) mass is 401 g/mol. The summed E-state index contributed by atoms with van der Waals surface area (Å²) < 4.78 is 43.8. The summed E-state index contributed by atoms with van der Waals surface area (Å²) in [6.07, 6.45) is 0.953. The molecule has 0 radical (unpaired) electrons. The molecule has 156 valence electrons. The summed E-state index contributed by atoms with van der Waals surface area (Å²) in [5.74, 6) is -2.25. The number of hydrogen-bond acceptors (Lipinski definition) is 5. The zero-order valence-electron chi connectivity index (χ0n) is 16.0. The van der Waals surface area contributed by atoms with Crippen molar-refractivity contribution in [2.24, 2.45) is 17.6 Å². The van der Waals surface area contributed by atoms with Crippen LogP contribution in [0.1, 0.15) is 66.6 Å². The molecule has 6 nitrogen and oxygen atoms in total. The fraction of sp³-hybridized carbons (Fsp3) is 0.632. The molecule has 1 aromatic rings. The molecule has 28 heavy (non-hydrogen) atoms. The minimum absolute atomic E-state index is 0.0180. The molecule has 1 aromatic heterocycles. The maximum absolute atomic E-state index is 12.8. The van der Waals surface area contributed by atoms with Gasteiger partial charge in [0.15, 0.2) is 5.69 Å². The molecule has 0 unspecified atom stereocenters. The first-order valence-electron chi connectivity index (χ1n) is 9.32. The Morgan fingerprint density at radius 2 is 1.96 bits per heavy atom. The highest BCUT2D eigenvalue weighted by atomic mass is 19.4. The van der Waals surface area contributed by atoms with E-state index in [1.54, 1.807) is 6.08 Å². The number of ether oxygens (including phenoxy) is 1. The van der Waals surface area contributed by atoms with Gasteiger partial charge in [-0.25, -0.2) is 0 Å². The van der Waals surface area contributed by atoms with Crippen LogP contribution in [-0.4, -0.2) is 41.1 Å². The van der Waals surface area contributed by atoms with Crippen molar-refractivity contribution in [3.63, 3.8) is 0 Å². The highest BCUT2D eigenvalue weighted by Gasteiger charge is 2.41. The summed E-state index contributed by atoms with van der Waals surface area (Å²) in [6, 6.07) is 0. The molecule has 0 spiro atoms. The van der Waals surface area contributed by atoms with Gasteiger partial charge in [0.05, 0.1) is 19.6 Å². The number of aliphatic hydroxyl groups excluding tert-OH is 1. The van der Waals surface area contributed by atoms with Crippen LogP contribution >= 0.6 is 0 Å². The lowest BCUT2D eigenvalue weighted by molar-refractivity contribution is -0.183. The zero-order valence-corrected chi connectivity index (χ0v) is 16.0. The molecular weight excluding hydrogens is 375 g/mol. The normalized spacial score (nSPS) is 21.6. The highest BCUT2D eigenvalue weighted by molar-refractivity contribution is 5.93. The van der Waals surface area contributed by atoms with Gasteiger partial charge in [0, 0.05) is 17.0 Å². The molecule has 0 saturated heterocycles. The number of carbonyl (C=O) groups excluding carboxylic acids is 1. The average molecular weight is 401 g/mol.